The second-order valence-electron chi connectivity index (χ2n) is 4.08. The summed E-state index contributed by atoms with van der Waals surface area (Å²) in [5, 5.41) is 13.5. The highest BCUT2D eigenvalue weighted by atomic mass is 19.1. The van der Waals surface area contributed by atoms with E-state index in [1.807, 2.05) is 13.8 Å². The fourth-order valence-electron chi connectivity index (χ4n) is 1.73. The van der Waals surface area contributed by atoms with Gasteiger partial charge in [0.1, 0.15) is 5.82 Å². The maximum absolute atomic E-state index is 13.5. The Bertz CT molecular complexity index is 438. The van der Waals surface area contributed by atoms with Crippen molar-refractivity contribution in [3.8, 4) is 0 Å². The predicted octanol–water partition coefficient (Wildman–Crippen LogP) is 3.86. The second-order valence-corrected chi connectivity index (χ2v) is 4.08. The number of benzene rings is 1. The van der Waals surface area contributed by atoms with E-state index in [0.29, 0.717) is 6.07 Å². The van der Waals surface area contributed by atoms with Crippen LogP contribution in [-0.4, -0.2) is 11.0 Å². The monoisotopic (exact) mass is 258 g/mol. The van der Waals surface area contributed by atoms with Crippen molar-refractivity contribution in [1.29, 1.82) is 0 Å². The molecule has 0 aliphatic carbocycles. The Morgan fingerprint density at radius 2 is 2.00 bits per heavy atom. The Kier molecular flexibility index (Phi) is 5.00. The van der Waals surface area contributed by atoms with E-state index in [0.717, 1.165) is 25.3 Å². The number of hydrogen-bond acceptors (Lipinski definition) is 3. The van der Waals surface area contributed by atoms with Gasteiger partial charge in [-0.05, 0) is 12.8 Å². The quantitative estimate of drug-likeness (QED) is 0.622. The van der Waals surface area contributed by atoms with E-state index in [4.69, 9.17) is 0 Å². The first-order valence-electron chi connectivity index (χ1n) is 5.89. The van der Waals surface area contributed by atoms with E-state index in [-0.39, 0.29) is 11.7 Å². The molecule has 1 rings (SSSR count). The number of rotatable bonds is 6. The summed E-state index contributed by atoms with van der Waals surface area (Å²) in [5.74, 6) is -1.97. The average molecular weight is 258 g/mol. The highest BCUT2D eigenvalue weighted by Crippen LogP contribution is 2.26. The molecule has 0 aliphatic heterocycles. The SMILES string of the molecule is CCCC(CC)Nc1cc([N+](=O)[O-])c(F)cc1F. The zero-order valence-electron chi connectivity index (χ0n) is 10.4. The molecule has 1 unspecified atom stereocenters. The molecule has 0 bridgehead atoms. The van der Waals surface area contributed by atoms with Crippen LogP contribution in [0.15, 0.2) is 12.1 Å². The van der Waals surface area contributed by atoms with Crippen molar-refractivity contribution in [2.75, 3.05) is 5.32 Å². The molecule has 100 valence electrons. The fourth-order valence-corrected chi connectivity index (χ4v) is 1.73. The zero-order valence-corrected chi connectivity index (χ0v) is 10.4. The van der Waals surface area contributed by atoms with Gasteiger partial charge in [-0.25, -0.2) is 4.39 Å². The molecule has 0 aliphatic rings. The molecule has 1 aromatic carbocycles. The van der Waals surface area contributed by atoms with E-state index in [2.05, 4.69) is 5.32 Å². The minimum atomic E-state index is -1.16. The normalized spacial score (nSPS) is 12.2. The van der Waals surface area contributed by atoms with Gasteiger partial charge in [0.25, 0.3) is 0 Å². The number of anilines is 1. The highest BCUT2D eigenvalue weighted by molar-refractivity contribution is 5.53. The van der Waals surface area contributed by atoms with Crippen LogP contribution >= 0.6 is 0 Å². The van der Waals surface area contributed by atoms with Gasteiger partial charge in [-0.1, -0.05) is 20.3 Å². The molecule has 1 aromatic rings. The zero-order chi connectivity index (χ0) is 13.7. The van der Waals surface area contributed by atoms with Crippen LogP contribution < -0.4 is 5.32 Å². The maximum atomic E-state index is 13.5. The lowest BCUT2D eigenvalue weighted by Gasteiger charge is -2.17. The number of nitro groups is 1. The third-order valence-corrected chi connectivity index (χ3v) is 2.72. The number of nitro benzene ring substituents is 1. The molecule has 0 saturated carbocycles. The Hall–Kier alpha value is -1.72. The molecule has 0 saturated heterocycles. The Balaban J connectivity index is 3.01. The van der Waals surface area contributed by atoms with Crippen molar-refractivity contribution in [1.82, 2.24) is 0 Å². The molecular weight excluding hydrogens is 242 g/mol. The molecule has 0 amide bonds. The van der Waals surface area contributed by atoms with Crippen LogP contribution in [0.3, 0.4) is 0 Å². The van der Waals surface area contributed by atoms with Crippen LogP contribution in [0.5, 0.6) is 0 Å². The molecule has 1 N–H and O–H groups in total. The fraction of sp³-hybridized carbons (Fsp3) is 0.500. The van der Waals surface area contributed by atoms with Crippen LogP contribution in [0.2, 0.25) is 0 Å². The van der Waals surface area contributed by atoms with Gasteiger partial charge in [-0.3, -0.25) is 10.1 Å². The maximum Gasteiger partial charge on any atom is 0.307 e. The summed E-state index contributed by atoms with van der Waals surface area (Å²) in [6, 6.07) is 1.47. The summed E-state index contributed by atoms with van der Waals surface area (Å²) in [4.78, 5) is 9.72. The van der Waals surface area contributed by atoms with Gasteiger partial charge in [0.15, 0.2) is 0 Å². The van der Waals surface area contributed by atoms with Crippen LogP contribution in [0, 0.1) is 21.7 Å². The highest BCUT2D eigenvalue weighted by Gasteiger charge is 2.19. The Morgan fingerprint density at radius 3 is 2.50 bits per heavy atom. The molecule has 1 atom stereocenters. The number of nitrogens with one attached hydrogen (secondary N) is 1. The lowest BCUT2D eigenvalue weighted by atomic mass is 10.1. The van der Waals surface area contributed by atoms with E-state index in [9.17, 15) is 18.9 Å². The molecule has 18 heavy (non-hydrogen) atoms. The molecular formula is C12H16F2N2O2. The minimum absolute atomic E-state index is 0.0227. The van der Waals surface area contributed by atoms with Crippen molar-refractivity contribution in [3.63, 3.8) is 0 Å². The molecule has 0 radical (unpaired) electrons. The first-order valence-corrected chi connectivity index (χ1v) is 5.89. The van der Waals surface area contributed by atoms with Crippen molar-refractivity contribution < 1.29 is 13.7 Å². The van der Waals surface area contributed by atoms with Crippen molar-refractivity contribution in [2.24, 2.45) is 0 Å². The number of hydrogen-bond donors (Lipinski definition) is 1. The molecule has 0 spiro atoms. The number of nitrogens with zero attached hydrogens (tertiary/aromatic N) is 1. The average Bonchev–Trinajstić information content (AvgIpc) is 2.31. The summed E-state index contributed by atoms with van der Waals surface area (Å²) in [5.41, 5.74) is -0.742. The van der Waals surface area contributed by atoms with Crippen LogP contribution in [0.1, 0.15) is 33.1 Å². The molecule has 0 fully saturated rings. The van der Waals surface area contributed by atoms with Crippen LogP contribution in [0.25, 0.3) is 0 Å². The summed E-state index contributed by atoms with van der Waals surface area (Å²) < 4.78 is 26.6. The van der Waals surface area contributed by atoms with Crippen molar-refractivity contribution >= 4 is 11.4 Å². The van der Waals surface area contributed by atoms with Crippen molar-refractivity contribution in [2.45, 2.75) is 39.2 Å². The van der Waals surface area contributed by atoms with E-state index >= 15 is 0 Å². The third-order valence-electron chi connectivity index (χ3n) is 2.72. The molecule has 4 nitrogen and oxygen atoms in total. The largest absolute Gasteiger partial charge is 0.380 e. The second kappa shape index (κ2) is 6.28. The smallest absolute Gasteiger partial charge is 0.307 e. The van der Waals surface area contributed by atoms with Gasteiger partial charge < -0.3 is 5.32 Å². The summed E-state index contributed by atoms with van der Waals surface area (Å²) in [7, 11) is 0. The van der Waals surface area contributed by atoms with Gasteiger partial charge in [-0.2, -0.15) is 4.39 Å². The van der Waals surface area contributed by atoms with Crippen LogP contribution in [-0.2, 0) is 0 Å². The number of halogens is 2. The Labute approximate surface area is 104 Å². The molecule has 6 heteroatoms. The lowest BCUT2D eigenvalue weighted by molar-refractivity contribution is -0.387. The lowest BCUT2D eigenvalue weighted by Crippen LogP contribution is -2.19. The van der Waals surface area contributed by atoms with Crippen molar-refractivity contribution in [3.05, 3.63) is 33.9 Å². The van der Waals surface area contributed by atoms with E-state index < -0.39 is 22.2 Å². The minimum Gasteiger partial charge on any atom is -0.380 e. The van der Waals surface area contributed by atoms with E-state index in [1.54, 1.807) is 0 Å². The Morgan fingerprint density at radius 1 is 1.33 bits per heavy atom. The summed E-state index contributed by atoms with van der Waals surface area (Å²) >= 11 is 0. The van der Waals surface area contributed by atoms with E-state index in [1.165, 1.54) is 0 Å². The van der Waals surface area contributed by atoms with Crippen LogP contribution in [0.4, 0.5) is 20.2 Å². The predicted molar refractivity (Wildman–Crippen MR) is 65.6 cm³/mol. The molecule has 0 heterocycles. The summed E-state index contributed by atoms with van der Waals surface area (Å²) in [6.45, 7) is 3.93. The van der Waals surface area contributed by atoms with Gasteiger partial charge in [0.2, 0.25) is 5.82 Å². The standard InChI is InChI=1S/C12H16F2N2O2/c1-3-5-8(4-2)15-11-7-12(16(17)18)10(14)6-9(11)13/h6-8,15H,3-5H2,1-2H3. The third kappa shape index (κ3) is 3.38. The topological polar surface area (TPSA) is 55.2 Å². The van der Waals surface area contributed by atoms with Gasteiger partial charge in [0, 0.05) is 18.2 Å². The first kappa shape index (κ1) is 14.3. The van der Waals surface area contributed by atoms with Gasteiger partial charge >= 0.3 is 5.69 Å². The molecule has 0 aromatic heterocycles. The first-order chi connectivity index (χ1) is 8.49. The summed E-state index contributed by atoms with van der Waals surface area (Å²) in [6.07, 6.45) is 2.50. The van der Waals surface area contributed by atoms with Gasteiger partial charge in [-0.15, -0.1) is 0 Å². The van der Waals surface area contributed by atoms with Gasteiger partial charge in [0.05, 0.1) is 10.6 Å².